The van der Waals surface area contributed by atoms with Crippen LogP contribution in [0.3, 0.4) is 0 Å². The molecular weight excluding hydrogens is 226 g/mol. The summed E-state index contributed by atoms with van der Waals surface area (Å²) in [7, 11) is 0. The molecule has 0 heterocycles. The van der Waals surface area contributed by atoms with Crippen molar-refractivity contribution < 1.29 is 10.2 Å². The molecule has 0 atom stereocenters. The van der Waals surface area contributed by atoms with Crippen LogP contribution in [0.15, 0.2) is 30.3 Å². The molecule has 0 saturated heterocycles. The largest absolute Gasteiger partial charge is 0.396 e. The van der Waals surface area contributed by atoms with Gasteiger partial charge in [-0.2, -0.15) is 0 Å². The number of rotatable bonds is 10. The molecule has 0 unspecified atom stereocenters. The van der Waals surface area contributed by atoms with E-state index in [9.17, 15) is 0 Å². The minimum Gasteiger partial charge on any atom is -0.396 e. The first kappa shape index (κ1) is 15.2. The van der Waals surface area contributed by atoms with Crippen LogP contribution in [-0.2, 0) is 6.54 Å². The number of hydrogen-bond donors (Lipinski definition) is 2. The van der Waals surface area contributed by atoms with Crippen LogP contribution < -0.4 is 0 Å². The zero-order valence-electron chi connectivity index (χ0n) is 11.1. The number of aliphatic hydroxyl groups is 2. The Bertz CT molecular complexity index is 290. The molecule has 0 saturated carbocycles. The highest BCUT2D eigenvalue weighted by molar-refractivity contribution is 5.14. The summed E-state index contributed by atoms with van der Waals surface area (Å²) in [5.74, 6) is 0. The van der Waals surface area contributed by atoms with E-state index in [1.54, 1.807) is 0 Å². The first-order valence-electron chi connectivity index (χ1n) is 6.85. The van der Waals surface area contributed by atoms with Gasteiger partial charge in [-0.05, 0) is 24.9 Å². The van der Waals surface area contributed by atoms with Gasteiger partial charge in [0.2, 0.25) is 0 Å². The Morgan fingerprint density at radius 3 is 2.17 bits per heavy atom. The van der Waals surface area contributed by atoms with Gasteiger partial charge in [-0.3, -0.25) is 4.90 Å². The Balaban J connectivity index is 2.26. The van der Waals surface area contributed by atoms with E-state index in [2.05, 4.69) is 17.0 Å². The average Bonchev–Trinajstić information content (AvgIpc) is 2.40. The molecule has 0 fully saturated rings. The molecule has 18 heavy (non-hydrogen) atoms. The quantitative estimate of drug-likeness (QED) is 0.625. The van der Waals surface area contributed by atoms with E-state index >= 15 is 0 Å². The van der Waals surface area contributed by atoms with Gasteiger partial charge in [-0.25, -0.2) is 0 Å². The lowest BCUT2D eigenvalue weighted by atomic mass is 10.1. The van der Waals surface area contributed by atoms with Crippen molar-refractivity contribution in [3.63, 3.8) is 0 Å². The minimum absolute atomic E-state index is 0.212. The van der Waals surface area contributed by atoms with Crippen molar-refractivity contribution in [2.24, 2.45) is 0 Å². The van der Waals surface area contributed by atoms with Crippen molar-refractivity contribution in [2.75, 3.05) is 26.3 Å². The molecule has 3 heteroatoms. The van der Waals surface area contributed by atoms with Crippen molar-refractivity contribution in [3.8, 4) is 0 Å². The maximum atomic E-state index is 9.08. The molecule has 102 valence electrons. The molecule has 0 aromatic heterocycles. The van der Waals surface area contributed by atoms with Gasteiger partial charge < -0.3 is 10.2 Å². The van der Waals surface area contributed by atoms with Crippen LogP contribution >= 0.6 is 0 Å². The maximum Gasteiger partial charge on any atom is 0.0558 e. The predicted octanol–water partition coefficient (Wildman–Crippen LogP) is 2.03. The molecule has 0 spiro atoms. The molecule has 0 aliphatic heterocycles. The molecule has 2 N–H and O–H groups in total. The predicted molar refractivity (Wildman–Crippen MR) is 74.4 cm³/mol. The first-order chi connectivity index (χ1) is 8.86. The molecule has 1 aromatic carbocycles. The number of hydrogen-bond acceptors (Lipinski definition) is 3. The maximum absolute atomic E-state index is 9.08. The Kier molecular flexibility index (Phi) is 8.47. The molecule has 1 rings (SSSR count). The van der Waals surface area contributed by atoms with E-state index in [4.69, 9.17) is 10.2 Å². The summed E-state index contributed by atoms with van der Waals surface area (Å²) in [6.07, 6.45) is 4.28. The zero-order valence-corrected chi connectivity index (χ0v) is 11.1. The van der Waals surface area contributed by atoms with Gasteiger partial charge in [0.15, 0.2) is 0 Å². The molecule has 0 amide bonds. The lowest BCUT2D eigenvalue weighted by Gasteiger charge is -2.21. The van der Waals surface area contributed by atoms with E-state index < -0.39 is 0 Å². The van der Waals surface area contributed by atoms with E-state index in [1.807, 2.05) is 18.2 Å². The van der Waals surface area contributed by atoms with Crippen molar-refractivity contribution >= 4 is 0 Å². The molecule has 0 bridgehead atoms. The van der Waals surface area contributed by atoms with Gasteiger partial charge in [-0.1, -0.05) is 43.2 Å². The fourth-order valence-electron chi connectivity index (χ4n) is 2.05. The van der Waals surface area contributed by atoms with Crippen molar-refractivity contribution in [2.45, 2.75) is 32.2 Å². The van der Waals surface area contributed by atoms with Crippen LogP contribution in [0.4, 0.5) is 0 Å². The van der Waals surface area contributed by atoms with Crippen LogP contribution in [0.25, 0.3) is 0 Å². The summed E-state index contributed by atoms with van der Waals surface area (Å²) in [6, 6.07) is 10.4. The fraction of sp³-hybridized carbons (Fsp3) is 0.600. The van der Waals surface area contributed by atoms with Gasteiger partial charge in [0, 0.05) is 19.7 Å². The molecule has 0 aliphatic carbocycles. The number of aliphatic hydroxyl groups excluding tert-OH is 2. The Morgan fingerprint density at radius 2 is 1.50 bits per heavy atom. The first-order valence-corrected chi connectivity index (χ1v) is 6.85. The minimum atomic E-state index is 0.212. The number of benzene rings is 1. The Morgan fingerprint density at radius 1 is 0.778 bits per heavy atom. The van der Waals surface area contributed by atoms with E-state index in [-0.39, 0.29) is 6.61 Å². The van der Waals surface area contributed by atoms with Gasteiger partial charge in [-0.15, -0.1) is 0 Å². The Hall–Kier alpha value is -0.900. The van der Waals surface area contributed by atoms with E-state index in [1.165, 1.54) is 5.56 Å². The van der Waals surface area contributed by atoms with Crippen LogP contribution in [-0.4, -0.2) is 41.4 Å². The highest BCUT2D eigenvalue weighted by Gasteiger charge is 2.04. The number of nitrogens with zero attached hydrogens (tertiary/aromatic N) is 1. The second-order valence-corrected chi connectivity index (χ2v) is 4.62. The SMILES string of the molecule is OCCCCCCN(CCO)Cc1ccccc1. The van der Waals surface area contributed by atoms with E-state index in [0.717, 1.165) is 45.3 Å². The number of unbranched alkanes of at least 4 members (excludes halogenated alkanes) is 3. The van der Waals surface area contributed by atoms with E-state index in [0.29, 0.717) is 6.61 Å². The molecule has 3 nitrogen and oxygen atoms in total. The monoisotopic (exact) mass is 251 g/mol. The second kappa shape index (κ2) is 10.1. The summed E-state index contributed by atoms with van der Waals surface area (Å²) in [4.78, 5) is 2.29. The molecule has 1 aromatic rings. The molecular formula is C15H25NO2. The highest BCUT2D eigenvalue weighted by Crippen LogP contribution is 2.07. The van der Waals surface area contributed by atoms with Crippen molar-refractivity contribution in [1.29, 1.82) is 0 Å². The van der Waals surface area contributed by atoms with Gasteiger partial charge in [0.1, 0.15) is 0 Å². The summed E-state index contributed by atoms with van der Waals surface area (Å²) in [5.41, 5.74) is 1.29. The third-order valence-corrected chi connectivity index (χ3v) is 3.05. The van der Waals surface area contributed by atoms with Crippen LogP contribution in [0.2, 0.25) is 0 Å². The Labute approximate surface area is 110 Å². The van der Waals surface area contributed by atoms with Crippen LogP contribution in [0.5, 0.6) is 0 Å². The topological polar surface area (TPSA) is 43.7 Å². The second-order valence-electron chi connectivity index (χ2n) is 4.62. The smallest absolute Gasteiger partial charge is 0.0558 e. The summed E-state index contributed by atoms with van der Waals surface area (Å²) < 4.78 is 0. The fourth-order valence-corrected chi connectivity index (χ4v) is 2.05. The summed E-state index contributed by atoms with van der Waals surface area (Å²) in [6.45, 7) is 3.16. The van der Waals surface area contributed by atoms with Crippen molar-refractivity contribution in [1.82, 2.24) is 4.90 Å². The van der Waals surface area contributed by atoms with Crippen LogP contribution in [0, 0.1) is 0 Å². The normalized spacial score (nSPS) is 11.1. The molecule has 0 aliphatic rings. The van der Waals surface area contributed by atoms with Gasteiger partial charge in [0.25, 0.3) is 0 Å². The van der Waals surface area contributed by atoms with Gasteiger partial charge >= 0.3 is 0 Å². The van der Waals surface area contributed by atoms with Crippen molar-refractivity contribution in [3.05, 3.63) is 35.9 Å². The summed E-state index contributed by atoms with van der Waals surface area (Å²) >= 11 is 0. The average molecular weight is 251 g/mol. The lowest BCUT2D eigenvalue weighted by Crippen LogP contribution is -2.27. The third kappa shape index (κ3) is 6.74. The lowest BCUT2D eigenvalue weighted by molar-refractivity contribution is 0.187. The third-order valence-electron chi connectivity index (χ3n) is 3.05. The van der Waals surface area contributed by atoms with Crippen LogP contribution in [0.1, 0.15) is 31.2 Å². The zero-order chi connectivity index (χ0) is 13.1. The highest BCUT2D eigenvalue weighted by atomic mass is 16.3. The standard InChI is InChI=1S/C15H25NO2/c17-12-7-2-1-6-10-16(11-13-18)14-15-8-4-3-5-9-15/h3-5,8-9,17-18H,1-2,6-7,10-14H2. The van der Waals surface area contributed by atoms with Gasteiger partial charge in [0.05, 0.1) is 6.61 Å². The summed E-state index contributed by atoms with van der Waals surface area (Å²) in [5, 5.41) is 17.8. The molecule has 0 radical (unpaired) electrons.